The van der Waals surface area contributed by atoms with Gasteiger partial charge in [0, 0.05) is 24.6 Å². The molecule has 3 heterocycles. The minimum atomic E-state index is -0.901. The van der Waals surface area contributed by atoms with Crippen LogP contribution in [-0.2, 0) is 30.5 Å². The number of benzene rings is 2. The summed E-state index contributed by atoms with van der Waals surface area (Å²) in [6.07, 6.45) is 4.66. The summed E-state index contributed by atoms with van der Waals surface area (Å²) in [5.41, 5.74) is 5.70. The van der Waals surface area contributed by atoms with E-state index < -0.39 is 5.97 Å². The van der Waals surface area contributed by atoms with Crippen LogP contribution in [0.15, 0.2) is 83.4 Å². The Hall–Kier alpha value is -4.19. The molecule has 6 heteroatoms. The first-order valence-corrected chi connectivity index (χ1v) is 11.9. The van der Waals surface area contributed by atoms with Crippen molar-refractivity contribution in [2.24, 2.45) is 0 Å². The maximum absolute atomic E-state index is 11.9. The molecule has 1 N–H and O–H groups in total. The summed E-state index contributed by atoms with van der Waals surface area (Å²) < 4.78 is 7.90. The van der Waals surface area contributed by atoms with Crippen molar-refractivity contribution in [3.63, 3.8) is 0 Å². The molecule has 0 aliphatic rings. The Bertz CT molecular complexity index is 1450. The summed E-state index contributed by atoms with van der Waals surface area (Å²) in [5, 5.41) is 9.72. The summed E-state index contributed by atoms with van der Waals surface area (Å²) in [6, 6.07) is 24.0. The van der Waals surface area contributed by atoms with Crippen molar-refractivity contribution in [3.05, 3.63) is 113 Å². The molecule has 0 spiro atoms. The number of aryl methyl sites for hydroxylation is 1. The van der Waals surface area contributed by atoms with Gasteiger partial charge in [-0.05, 0) is 24.1 Å². The molecule has 0 radical (unpaired) electrons. The van der Waals surface area contributed by atoms with Crippen LogP contribution >= 0.6 is 0 Å². The van der Waals surface area contributed by atoms with Crippen LogP contribution in [0.4, 0.5) is 0 Å². The molecule has 35 heavy (non-hydrogen) atoms. The number of imidazole rings is 1. The van der Waals surface area contributed by atoms with E-state index in [9.17, 15) is 9.90 Å². The van der Waals surface area contributed by atoms with Gasteiger partial charge in [0.25, 0.3) is 0 Å². The van der Waals surface area contributed by atoms with Crippen molar-refractivity contribution in [2.75, 3.05) is 0 Å². The van der Waals surface area contributed by atoms with Gasteiger partial charge in [0.05, 0.1) is 35.6 Å². The lowest BCUT2D eigenvalue weighted by atomic mass is 10.1. The van der Waals surface area contributed by atoms with Crippen molar-refractivity contribution in [1.82, 2.24) is 14.4 Å². The van der Waals surface area contributed by atoms with Crippen molar-refractivity contribution >= 4 is 11.6 Å². The first-order valence-electron chi connectivity index (χ1n) is 11.9. The van der Waals surface area contributed by atoms with Crippen LogP contribution in [0.1, 0.15) is 47.5 Å². The number of hydrogen-bond acceptors (Lipinski definition) is 4. The second-order valence-electron chi connectivity index (χ2n) is 8.67. The van der Waals surface area contributed by atoms with Crippen LogP contribution in [0, 0.1) is 0 Å². The first-order chi connectivity index (χ1) is 17.1. The molecule has 2 aromatic carbocycles. The number of hydrogen-bond donors (Lipinski definition) is 1. The molecule has 0 fully saturated rings. The monoisotopic (exact) mass is 465 g/mol. The second kappa shape index (κ2) is 9.97. The SMILES string of the molecule is CCCc1ccc(Cc2nc3c(Cc4ccccc4)nc(-c4ccccc4)cn3c2CC(=O)O)o1. The molecule has 0 amide bonds. The minimum absolute atomic E-state index is 0.137. The Morgan fingerprint density at radius 2 is 1.60 bits per heavy atom. The molecule has 0 unspecified atom stereocenters. The zero-order valence-corrected chi connectivity index (χ0v) is 19.6. The van der Waals surface area contributed by atoms with E-state index >= 15 is 0 Å². The van der Waals surface area contributed by atoms with Crippen LogP contribution in [0.3, 0.4) is 0 Å². The zero-order valence-electron chi connectivity index (χ0n) is 19.6. The van der Waals surface area contributed by atoms with Gasteiger partial charge in [0.15, 0.2) is 5.65 Å². The highest BCUT2D eigenvalue weighted by Gasteiger charge is 2.21. The van der Waals surface area contributed by atoms with Gasteiger partial charge in [-0.15, -0.1) is 0 Å². The van der Waals surface area contributed by atoms with Gasteiger partial charge < -0.3 is 9.52 Å². The second-order valence-corrected chi connectivity index (χ2v) is 8.67. The third-order valence-electron chi connectivity index (χ3n) is 6.02. The largest absolute Gasteiger partial charge is 0.481 e. The van der Waals surface area contributed by atoms with Gasteiger partial charge in [0.2, 0.25) is 0 Å². The van der Waals surface area contributed by atoms with Gasteiger partial charge in [-0.3, -0.25) is 9.20 Å². The van der Waals surface area contributed by atoms with Gasteiger partial charge in [0.1, 0.15) is 11.5 Å². The third-order valence-corrected chi connectivity index (χ3v) is 6.02. The molecule has 0 saturated heterocycles. The van der Waals surface area contributed by atoms with Crippen molar-refractivity contribution in [3.8, 4) is 11.3 Å². The van der Waals surface area contributed by atoms with E-state index in [1.807, 2.05) is 71.3 Å². The Balaban J connectivity index is 1.66. The fourth-order valence-corrected chi connectivity index (χ4v) is 4.39. The summed E-state index contributed by atoms with van der Waals surface area (Å²) in [5.74, 6) is 0.815. The molecule has 0 bridgehead atoms. The van der Waals surface area contributed by atoms with Crippen molar-refractivity contribution < 1.29 is 14.3 Å². The lowest BCUT2D eigenvalue weighted by molar-refractivity contribution is -0.136. The number of rotatable bonds is 9. The van der Waals surface area contributed by atoms with E-state index in [-0.39, 0.29) is 6.42 Å². The molecule has 6 nitrogen and oxygen atoms in total. The van der Waals surface area contributed by atoms with Crippen LogP contribution in [0.25, 0.3) is 16.9 Å². The average Bonchev–Trinajstić information content (AvgIpc) is 3.45. The van der Waals surface area contributed by atoms with Gasteiger partial charge >= 0.3 is 5.97 Å². The normalized spacial score (nSPS) is 11.2. The number of nitrogens with zero attached hydrogens (tertiary/aromatic N) is 3. The Labute approximate surface area is 203 Å². The molecule has 0 aliphatic heterocycles. The number of fused-ring (bicyclic) bond motifs is 1. The smallest absolute Gasteiger partial charge is 0.309 e. The van der Waals surface area contributed by atoms with Gasteiger partial charge in [-0.1, -0.05) is 67.6 Å². The number of carboxylic acids is 1. The average molecular weight is 466 g/mol. The lowest BCUT2D eigenvalue weighted by Gasteiger charge is -2.09. The highest BCUT2D eigenvalue weighted by molar-refractivity contribution is 5.71. The van der Waals surface area contributed by atoms with Gasteiger partial charge in [-0.25, -0.2) is 9.97 Å². The van der Waals surface area contributed by atoms with Crippen molar-refractivity contribution in [2.45, 2.75) is 39.0 Å². The fraction of sp³-hybridized carbons (Fsp3) is 0.207. The topological polar surface area (TPSA) is 80.6 Å². The molecule has 5 aromatic rings. The predicted octanol–water partition coefficient (Wildman–Crippen LogP) is 5.75. The maximum atomic E-state index is 11.9. The lowest BCUT2D eigenvalue weighted by Crippen LogP contribution is -2.08. The molecule has 0 saturated carbocycles. The molecule has 0 aliphatic carbocycles. The molecule has 3 aromatic heterocycles. The van der Waals surface area contributed by atoms with E-state index in [1.54, 1.807) is 0 Å². The predicted molar refractivity (Wildman–Crippen MR) is 135 cm³/mol. The molecule has 0 atom stereocenters. The first kappa shape index (κ1) is 22.6. The Morgan fingerprint density at radius 3 is 2.31 bits per heavy atom. The van der Waals surface area contributed by atoms with E-state index in [4.69, 9.17) is 14.4 Å². The molecular weight excluding hydrogens is 438 g/mol. The van der Waals surface area contributed by atoms with Crippen molar-refractivity contribution in [1.29, 1.82) is 0 Å². The van der Waals surface area contributed by atoms with E-state index in [0.29, 0.717) is 29.9 Å². The third kappa shape index (κ3) is 5.01. The fourth-order valence-electron chi connectivity index (χ4n) is 4.39. The van der Waals surface area contributed by atoms with Gasteiger partial charge in [-0.2, -0.15) is 0 Å². The number of aromatic nitrogens is 3. The molecule has 176 valence electrons. The molecule has 5 rings (SSSR count). The quantitative estimate of drug-likeness (QED) is 0.300. The standard InChI is InChI=1S/C29H27N3O3/c1-2-9-22-14-15-23(35-22)17-24-27(18-28(33)34)32-19-26(21-12-7-4-8-13-21)30-25(29(32)31-24)16-20-10-5-3-6-11-20/h3-8,10-15,19H,2,9,16-18H2,1H3,(H,33,34). The summed E-state index contributed by atoms with van der Waals surface area (Å²) in [4.78, 5) is 21.8. The van der Waals surface area contributed by atoms with Crippen LogP contribution in [-0.4, -0.2) is 25.4 Å². The minimum Gasteiger partial charge on any atom is -0.481 e. The van der Waals surface area contributed by atoms with E-state index in [2.05, 4.69) is 19.1 Å². The maximum Gasteiger partial charge on any atom is 0.309 e. The summed E-state index contributed by atoms with van der Waals surface area (Å²) in [7, 11) is 0. The Kier molecular flexibility index (Phi) is 6.44. The summed E-state index contributed by atoms with van der Waals surface area (Å²) in [6.45, 7) is 2.11. The van der Waals surface area contributed by atoms with E-state index in [1.165, 1.54) is 0 Å². The zero-order chi connectivity index (χ0) is 24.2. The number of carbonyl (C=O) groups is 1. The highest BCUT2D eigenvalue weighted by Crippen LogP contribution is 2.26. The number of furan rings is 1. The Morgan fingerprint density at radius 1 is 0.886 bits per heavy atom. The number of aliphatic carboxylic acids is 1. The van der Waals surface area contributed by atoms with E-state index in [0.717, 1.165) is 46.9 Å². The van der Waals surface area contributed by atoms with Crippen LogP contribution in [0.2, 0.25) is 0 Å². The molecular formula is C29H27N3O3. The highest BCUT2D eigenvalue weighted by atomic mass is 16.4. The number of carboxylic acid groups (broad SMARTS) is 1. The summed E-state index contributed by atoms with van der Waals surface area (Å²) >= 11 is 0. The van der Waals surface area contributed by atoms with Crippen LogP contribution < -0.4 is 0 Å². The van der Waals surface area contributed by atoms with Crippen LogP contribution in [0.5, 0.6) is 0 Å².